The van der Waals surface area contributed by atoms with E-state index in [9.17, 15) is 22.8 Å². The number of imide groups is 1. The number of hydrogen-bond donors (Lipinski definition) is 2. The molecule has 0 aromatic heterocycles. The summed E-state index contributed by atoms with van der Waals surface area (Å²) in [6.45, 7) is 1.27. The Hall–Kier alpha value is -2.82. The third-order valence-corrected chi connectivity index (χ3v) is 7.01. The van der Waals surface area contributed by atoms with Crippen molar-refractivity contribution in [2.24, 2.45) is 0 Å². The van der Waals surface area contributed by atoms with E-state index in [0.717, 1.165) is 10.5 Å². The molecule has 3 aliphatic heterocycles. The second-order valence-electron chi connectivity index (χ2n) is 7.69. The van der Waals surface area contributed by atoms with Crippen LogP contribution in [-0.2, 0) is 25.8 Å². The topological polar surface area (TPSA) is 131 Å². The molecule has 2 atom stereocenters. The van der Waals surface area contributed by atoms with Gasteiger partial charge in [-0.3, -0.25) is 14.5 Å². The van der Waals surface area contributed by atoms with E-state index in [1.54, 1.807) is 25.1 Å². The number of fused-ring (bicyclic) bond motifs is 1. The molecule has 4 amide bonds. The summed E-state index contributed by atoms with van der Waals surface area (Å²) in [5.41, 5.74) is -0.435. The van der Waals surface area contributed by atoms with Gasteiger partial charge in [-0.1, -0.05) is 6.07 Å². The molecule has 3 heterocycles. The number of rotatable bonds is 5. The van der Waals surface area contributed by atoms with E-state index in [2.05, 4.69) is 10.6 Å². The minimum Gasteiger partial charge on any atom is -0.454 e. The monoisotopic (exact) mass is 423 g/mol. The lowest BCUT2D eigenvalue weighted by Crippen LogP contribution is -2.47. The first kappa shape index (κ1) is 19.5. The molecule has 29 heavy (non-hydrogen) atoms. The Morgan fingerprint density at radius 3 is 2.79 bits per heavy atom. The molecule has 3 aliphatic rings. The summed E-state index contributed by atoms with van der Waals surface area (Å²) < 4.78 is 33.6. The number of urea groups is 1. The second-order valence-corrected chi connectivity index (χ2v) is 9.91. The summed E-state index contributed by atoms with van der Waals surface area (Å²) in [6.07, 6.45) is 0.545. The SMILES string of the molecule is C[C@]1(Cc2ccc3c(c2)OCO3)NC(=O)N(CC(=O)N[C@@H]2CCS(=O)(=O)C2)C1=O. The van der Waals surface area contributed by atoms with E-state index in [0.29, 0.717) is 17.9 Å². The highest BCUT2D eigenvalue weighted by molar-refractivity contribution is 7.91. The third-order valence-electron chi connectivity index (χ3n) is 5.24. The first-order chi connectivity index (χ1) is 13.7. The van der Waals surface area contributed by atoms with Gasteiger partial charge < -0.3 is 20.1 Å². The normalized spacial score (nSPS) is 27.2. The van der Waals surface area contributed by atoms with E-state index in [-0.39, 0.29) is 24.7 Å². The largest absolute Gasteiger partial charge is 0.454 e. The molecule has 2 saturated heterocycles. The van der Waals surface area contributed by atoms with Crippen molar-refractivity contribution in [1.29, 1.82) is 0 Å². The second kappa shape index (κ2) is 6.90. The van der Waals surface area contributed by atoms with E-state index < -0.39 is 45.8 Å². The maximum absolute atomic E-state index is 12.9. The highest BCUT2D eigenvalue weighted by Gasteiger charge is 2.48. The zero-order valence-corrected chi connectivity index (χ0v) is 16.6. The van der Waals surface area contributed by atoms with Crippen LogP contribution in [0.1, 0.15) is 18.9 Å². The van der Waals surface area contributed by atoms with E-state index >= 15 is 0 Å². The van der Waals surface area contributed by atoms with Gasteiger partial charge in [0, 0.05) is 12.5 Å². The number of nitrogens with one attached hydrogen (secondary N) is 2. The Labute approximate surface area is 167 Å². The van der Waals surface area contributed by atoms with E-state index in [1.807, 2.05) is 0 Å². The molecule has 10 nitrogen and oxygen atoms in total. The molecule has 1 aromatic carbocycles. The maximum atomic E-state index is 12.9. The van der Waals surface area contributed by atoms with Crippen molar-refractivity contribution in [1.82, 2.24) is 15.5 Å². The third kappa shape index (κ3) is 3.86. The number of ether oxygens (including phenoxy) is 2. The van der Waals surface area contributed by atoms with Gasteiger partial charge in [0.1, 0.15) is 12.1 Å². The van der Waals surface area contributed by atoms with E-state index in [1.165, 1.54) is 0 Å². The Morgan fingerprint density at radius 2 is 2.07 bits per heavy atom. The summed E-state index contributed by atoms with van der Waals surface area (Å²) in [6, 6.07) is 4.13. The molecule has 0 radical (unpaired) electrons. The van der Waals surface area contributed by atoms with Gasteiger partial charge in [0.2, 0.25) is 12.7 Å². The summed E-state index contributed by atoms with van der Waals surface area (Å²) in [4.78, 5) is 38.3. The van der Waals surface area contributed by atoms with Crippen molar-refractivity contribution in [2.75, 3.05) is 24.8 Å². The van der Waals surface area contributed by atoms with Crippen molar-refractivity contribution in [3.63, 3.8) is 0 Å². The maximum Gasteiger partial charge on any atom is 0.325 e. The van der Waals surface area contributed by atoms with Crippen LogP contribution >= 0.6 is 0 Å². The molecule has 2 N–H and O–H groups in total. The van der Waals surface area contributed by atoms with Crippen LogP contribution < -0.4 is 20.1 Å². The molecule has 11 heteroatoms. The summed E-state index contributed by atoms with van der Waals surface area (Å²) in [5.74, 6) is 0.00545. The predicted octanol–water partition coefficient (Wildman–Crippen LogP) is -0.428. The van der Waals surface area contributed by atoms with Crippen LogP contribution in [-0.4, -0.2) is 67.6 Å². The molecule has 2 fully saturated rings. The molecule has 0 saturated carbocycles. The van der Waals surface area contributed by atoms with Crippen molar-refractivity contribution in [2.45, 2.75) is 31.3 Å². The number of hydrogen-bond acceptors (Lipinski definition) is 7. The number of carbonyl (C=O) groups is 3. The molecule has 0 bridgehead atoms. The Bertz CT molecular complexity index is 993. The van der Waals surface area contributed by atoms with Gasteiger partial charge in [0.15, 0.2) is 21.3 Å². The van der Waals surface area contributed by atoms with Crippen LogP contribution in [0.15, 0.2) is 18.2 Å². The summed E-state index contributed by atoms with van der Waals surface area (Å²) in [7, 11) is -3.14. The first-order valence-electron chi connectivity index (χ1n) is 9.18. The van der Waals surface area contributed by atoms with Crippen LogP contribution in [0.2, 0.25) is 0 Å². The fourth-order valence-electron chi connectivity index (χ4n) is 3.80. The molecule has 0 unspecified atom stereocenters. The number of carbonyl (C=O) groups excluding carboxylic acids is 3. The van der Waals surface area contributed by atoms with E-state index in [4.69, 9.17) is 9.47 Å². The van der Waals surface area contributed by atoms with Crippen molar-refractivity contribution < 1.29 is 32.3 Å². The average Bonchev–Trinajstić information content (AvgIpc) is 3.28. The zero-order chi connectivity index (χ0) is 20.8. The van der Waals surface area contributed by atoms with Gasteiger partial charge in [0.25, 0.3) is 5.91 Å². The minimum atomic E-state index is -3.14. The Balaban J connectivity index is 1.40. The Kier molecular flexibility index (Phi) is 4.64. The summed E-state index contributed by atoms with van der Waals surface area (Å²) >= 11 is 0. The fourth-order valence-corrected chi connectivity index (χ4v) is 5.47. The lowest BCUT2D eigenvalue weighted by Gasteiger charge is -2.22. The van der Waals surface area contributed by atoms with Crippen LogP contribution in [0.25, 0.3) is 0 Å². The number of benzene rings is 1. The smallest absolute Gasteiger partial charge is 0.325 e. The van der Waals surface area contributed by atoms with Crippen LogP contribution in [0.3, 0.4) is 0 Å². The molecular weight excluding hydrogens is 402 g/mol. The van der Waals surface area contributed by atoms with Gasteiger partial charge in [-0.15, -0.1) is 0 Å². The van der Waals surface area contributed by atoms with Gasteiger partial charge in [-0.05, 0) is 31.0 Å². The van der Waals surface area contributed by atoms with Crippen molar-refractivity contribution >= 4 is 27.7 Å². The van der Waals surface area contributed by atoms with Gasteiger partial charge in [0.05, 0.1) is 11.5 Å². The molecule has 0 aliphatic carbocycles. The quantitative estimate of drug-likeness (QED) is 0.615. The highest BCUT2D eigenvalue weighted by Crippen LogP contribution is 2.34. The molecular formula is C18H21N3O7S. The minimum absolute atomic E-state index is 0.0225. The zero-order valence-electron chi connectivity index (χ0n) is 15.8. The van der Waals surface area contributed by atoms with Crippen LogP contribution in [0.5, 0.6) is 11.5 Å². The van der Waals surface area contributed by atoms with Crippen LogP contribution in [0, 0.1) is 0 Å². The lowest BCUT2D eigenvalue weighted by atomic mass is 9.92. The standard InChI is InChI=1S/C18H21N3O7S/c1-18(7-11-2-3-13-14(6-11)28-10-27-13)16(23)21(17(24)20-18)8-15(22)19-12-4-5-29(25,26)9-12/h2-3,6,12H,4-5,7-10H2,1H3,(H,19,22)(H,20,24)/t12-,18-/m1/s1. The molecule has 4 rings (SSSR count). The van der Waals surface area contributed by atoms with Gasteiger partial charge in [-0.2, -0.15) is 0 Å². The molecule has 0 spiro atoms. The first-order valence-corrected chi connectivity index (χ1v) is 11.0. The number of sulfone groups is 1. The van der Waals surface area contributed by atoms with Crippen molar-refractivity contribution in [3.05, 3.63) is 23.8 Å². The van der Waals surface area contributed by atoms with Crippen LogP contribution in [0.4, 0.5) is 4.79 Å². The lowest BCUT2D eigenvalue weighted by molar-refractivity contribution is -0.134. The van der Waals surface area contributed by atoms with Gasteiger partial charge >= 0.3 is 6.03 Å². The number of nitrogens with zero attached hydrogens (tertiary/aromatic N) is 1. The average molecular weight is 423 g/mol. The fraction of sp³-hybridized carbons (Fsp3) is 0.500. The summed E-state index contributed by atoms with van der Waals surface area (Å²) in [5, 5.41) is 5.23. The highest BCUT2D eigenvalue weighted by atomic mass is 32.2. The van der Waals surface area contributed by atoms with Gasteiger partial charge in [-0.25, -0.2) is 13.2 Å². The molecule has 1 aromatic rings. The number of amides is 4. The van der Waals surface area contributed by atoms with Crippen molar-refractivity contribution in [3.8, 4) is 11.5 Å². The Morgan fingerprint density at radius 1 is 1.31 bits per heavy atom. The predicted molar refractivity (Wildman–Crippen MR) is 100 cm³/mol. The molecule has 156 valence electrons.